The van der Waals surface area contributed by atoms with Gasteiger partial charge in [-0.3, -0.25) is 9.69 Å². The highest BCUT2D eigenvalue weighted by molar-refractivity contribution is 7.99. The number of para-hydroxylation sites is 2. The number of fused-ring (bicyclic) bond motifs is 2. The first-order valence-electron chi connectivity index (χ1n) is 6.69. The SMILES string of the molecule is C.CC(C)(C)C(=O)N1c2ccccc2Sc2ccccc21. The van der Waals surface area contributed by atoms with Crippen molar-refractivity contribution in [3.63, 3.8) is 0 Å². The van der Waals surface area contributed by atoms with E-state index in [2.05, 4.69) is 12.1 Å². The molecule has 0 saturated carbocycles. The third-order valence-electron chi connectivity index (χ3n) is 3.28. The van der Waals surface area contributed by atoms with Gasteiger partial charge in [-0.15, -0.1) is 0 Å². The number of anilines is 2. The van der Waals surface area contributed by atoms with Crippen LogP contribution in [0.1, 0.15) is 28.2 Å². The summed E-state index contributed by atoms with van der Waals surface area (Å²) in [5, 5.41) is 0. The molecule has 3 rings (SSSR count). The van der Waals surface area contributed by atoms with Gasteiger partial charge in [0, 0.05) is 15.2 Å². The molecular weight excluding hydrogens is 278 g/mol. The van der Waals surface area contributed by atoms with Crippen LogP contribution in [0.2, 0.25) is 0 Å². The van der Waals surface area contributed by atoms with Crippen molar-refractivity contribution in [1.29, 1.82) is 0 Å². The molecule has 1 aliphatic rings. The van der Waals surface area contributed by atoms with Gasteiger partial charge in [0.2, 0.25) is 5.91 Å². The molecule has 1 heterocycles. The molecule has 0 N–H and O–H groups in total. The first-order chi connectivity index (χ1) is 9.48. The van der Waals surface area contributed by atoms with E-state index in [-0.39, 0.29) is 13.3 Å². The molecule has 0 aliphatic carbocycles. The minimum atomic E-state index is -0.414. The second-order valence-corrected chi connectivity index (χ2v) is 7.01. The van der Waals surface area contributed by atoms with Gasteiger partial charge in [-0.25, -0.2) is 0 Å². The normalized spacial score (nSPS) is 13.0. The van der Waals surface area contributed by atoms with Crippen LogP contribution in [0.5, 0.6) is 0 Å². The molecule has 110 valence electrons. The molecule has 0 saturated heterocycles. The van der Waals surface area contributed by atoms with Crippen LogP contribution in [0.3, 0.4) is 0 Å². The molecule has 2 aromatic rings. The number of benzene rings is 2. The average Bonchev–Trinajstić information content (AvgIpc) is 2.43. The van der Waals surface area contributed by atoms with Crippen molar-refractivity contribution in [2.45, 2.75) is 38.0 Å². The lowest BCUT2D eigenvalue weighted by Gasteiger charge is -2.35. The Morgan fingerprint density at radius 2 is 1.33 bits per heavy atom. The molecule has 2 aromatic carbocycles. The molecule has 0 spiro atoms. The van der Waals surface area contributed by atoms with Crippen LogP contribution in [0.25, 0.3) is 0 Å². The standard InChI is InChI=1S/C17H17NOS.CH4/c1-17(2,3)16(19)18-12-8-4-6-10-14(12)20-15-11-7-5-9-13(15)18;/h4-11H,1-3H3;1H4. The first-order valence-corrected chi connectivity index (χ1v) is 7.50. The van der Waals surface area contributed by atoms with Crippen LogP contribution < -0.4 is 4.90 Å². The van der Waals surface area contributed by atoms with E-state index in [0.717, 1.165) is 21.2 Å². The van der Waals surface area contributed by atoms with E-state index < -0.39 is 5.41 Å². The molecule has 2 nitrogen and oxygen atoms in total. The molecule has 0 bridgehead atoms. The van der Waals surface area contributed by atoms with Crippen LogP contribution >= 0.6 is 11.8 Å². The Morgan fingerprint density at radius 3 is 1.76 bits per heavy atom. The number of rotatable bonds is 0. The maximum atomic E-state index is 12.9. The number of carbonyl (C=O) groups excluding carboxylic acids is 1. The molecular formula is C18H21NOS. The van der Waals surface area contributed by atoms with Crippen LogP contribution in [0.4, 0.5) is 11.4 Å². The smallest absolute Gasteiger partial charge is 0.236 e. The fraction of sp³-hybridized carbons (Fsp3) is 0.278. The highest BCUT2D eigenvalue weighted by Crippen LogP contribution is 2.48. The van der Waals surface area contributed by atoms with Crippen molar-refractivity contribution in [2.24, 2.45) is 5.41 Å². The summed E-state index contributed by atoms with van der Waals surface area (Å²) in [4.78, 5) is 17.0. The van der Waals surface area contributed by atoms with Gasteiger partial charge in [-0.2, -0.15) is 0 Å². The highest BCUT2D eigenvalue weighted by atomic mass is 32.2. The van der Waals surface area contributed by atoms with Gasteiger partial charge in [0.25, 0.3) is 0 Å². The molecule has 0 aromatic heterocycles. The minimum absolute atomic E-state index is 0. The van der Waals surface area contributed by atoms with Gasteiger partial charge in [-0.05, 0) is 24.3 Å². The predicted molar refractivity (Wildman–Crippen MR) is 90.3 cm³/mol. The van der Waals surface area contributed by atoms with E-state index in [1.54, 1.807) is 11.8 Å². The second-order valence-electron chi connectivity index (χ2n) is 5.93. The summed E-state index contributed by atoms with van der Waals surface area (Å²) >= 11 is 1.72. The van der Waals surface area contributed by atoms with Gasteiger partial charge in [0.05, 0.1) is 11.4 Å². The van der Waals surface area contributed by atoms with Crippen LogP contribution in [-0.2, 0) is 4.79 Å². The van der Waals surface area contributed by atoms with Crippen molar-refractivity contribution < 1.29 is 4.79 Å². The van der Waals surface area contributed by atoms with Crippen LogP contribution in [0, 0.1) is 5.41 Å². The lowest BCUT2D eigenvalue weighted by Crippen LogP contribution is -2.37. The summed E-state index contributed by atoms with van der Waals surface area (Å²) in [6.07, 6.45) is 0. The van der Waals surface area contributed by atoms with Gasteiger partial charge in [-0.1, -0.05) is 64.2 Å². The molecule has 21 heavy (non-hydrogen) atoms. The van der Waals surface area contributed by atoms with Gasteiger partial charge in [0.1, 0.15) is 0 Å². The molecule has 0 unspecified atom stereocenters. The van der Waals surface area contributed by atoms with E-state index in [4.69, 9.17) is 0 Å². The Morgan fingerprint density at radius 1 is 0.905 bits per heavy atom. The van der Waals surface area contributed by atoms with Crippen molar-refractivity contribution in [3.8, 4) is 0 Å². The lowest BCUT2D eigenvalue weighted by atomic mass is 9.94. The fourth-order valence-electron chi connectivity index (χ4n) is 2.26. The van der Waals surface area contributed by atoms with E-state index in [1.165, 1.54) is 0 Å². The third-order valence-corrected chi connectivity index (χ3v) is 4.41. The predicted octanol–water partition coefficient (Wildman–Crippen LogP) is 5.50. The monoisotopic (exact) mass is 299 g/mol. The zero-order valence-corrected chi connectivity index (χ0v) is 12.7. The quantitative estimate of drug-likeness (QED) is 0.640. The fourth-order valence-corrected chi connectivity index (χ4v) is 3.32. The summed E-state index contributed by atoms with van der Waals surface area (Å²) in [6, 6.07) is 16.2. The zero-order valence-electron chi connectivity index (χ0n) is 11.9. The minimum Gasteiger partial charge on any atom is -0.278 e. The maximum absolute atomic E-state index is 12.9. The van der Waals surface area contributed by atoms with Crippen molar-refractivity contribution in [1.82, 2.24) is 0 Å². The van der Waals surface area contributed by atoms with E-state index in [9.17, 15) is 4.79 Å². The number of hydrogen-bond donors (Lipinski definition) is 0. The largest absolute Gasteiger partial charge is 0.278 e. The Kier molecular flexibility index (Phi) is 4.15. The topological polar surface area (TPSA) is 20.3 Å². The molecule has 3 heteroatoms. The third kappa shape index (κ3) is 2.70. The first kappa shape index (κ1) is 15.6. The highest BCUT2D eigenvalue weighted by Gasteiger charge is 2.34. The molecule has 0 radical (unpaired) electrons. The number of hydrogen-bond acceptors (Lipinski definition) is 2. The second kappa shape index (κ2) is 5.57. The number of amides is 1. The van der Waals surface area contributed by atoms with E-state index >= 15 is 0 Å². The zero-order chi connectivity index (χ0) is 14.3. The van der Waals surface area contributed by atoms with Crippen LogP contribution in [0.15, 0.2) is 58.3 Å². The Bertz CT molecular complexity index is 627. The summed E-state index contributed by atoms with van der Waals surface area (Å²) in [7, 11) is 0. The van der Waals surface area contributed by atoms with Gasteiger partial charge < -0.3 is 0 Å². The number of nitrogens with zero attached hydrogens (tertiary/aromatic N) is 1. The summed E-state index contributed by atoms with van der Waals surface area (Å²) in [6.45, 7) is 5.88. The molecule has 0 atom stereocenters. The van der Waals surface area contributed by atoms with Crippen molar-refractivity contribution in [3.05, 3.63) is 48.5 Å². The molecule has 1 aliphatic heterocycles. The Balaban J connectivity index is 0.00000161. The van der Waals surface area contributed by atoms with E-state index in [0.29, 0.717) is 0 Å². The maximum Gasteiger partial charge on any atom is 0.236 e. The summed E-state index contributed by atoms with van der Waals surface area (Å²) < 4.78 is 0. The van der Waals surface area contributed by atoms with Gasteiger partial charge >= 0.3 is 0 Å². The van der Waals surface area contributed by atoms with Crippen LogP contribution in [-0.4, -0.2) is 5.91 Å². The molecule has 0 fully saturated rings. The van der Waals surface area contributed by atoms with Gasteiger partial charge in [0.15, 0.2) is 0 Å². The molecule has 1 amide bonds. The van der Waals surface area contributed by atoms with Crippen molar-refractivity contribution in [2.75, 3.05) is 4.90 Å². The van der Waals surface area contributed by atoms with Crippen molar-refractivity contribution >= 4 is 29.0 Å². The summed E-state index contributed by atoms with van der Waals surface area (Å²) in [5.41, 5.74) is 1.55. The Labute approximate surface area is 131 Å². The number of carbonyl (C=O) groups is 1. The Hall–Kier alpha value is -1.74. The summed E-state index contributed by atoms with van der Waals surface area (Å²) in [5.74, 6) is 0.123. The average molecular weight is 299 g/mol. The van der Waals surface area contributed by atoms with E-state index in [1.807, 2.05) is 62.1 Å². The lowest BCUT2D eigenvalue weighted by molar-refractivity contribution is -0.125.